The molecule has 0 fully saturated rings. The average Bonchev–Trinajstić information content (AvgIpc) is 2.91. The van der Waals surface area contributed by atoms with Crippen LogP contribution < -0.4 is 10.9 Å². The molecule has 0 radical (unpaired) electrons. The van der Waals surface area contributed by atoms with E-state index in [-0.39, 0.29) is 12.1 Å². The largest absolute Gasteiger partial charge is 0.480 e. The minimum Gasteiger partial charge on any atom is -0.480 e. The van der Waals surface area contributed by atoms with Gasteiger partial charge in [-0.3, -0.25) is 9.59 Å². The van der Waals surface area contributed by atoms with Gasteiger partial charge in [-0.2, -0.15) is 0 Å². The number of aliphatic carboxylic acids is 1. The van der Waals surface area contributed by atoms with Crippen LogP contribution in [0, 0.1) is 0 Å². The maximum absolute atomic E-state index is 11.8. The molecule has 2 rings (SSSR count). The van der Waals surface area contributed by atoms with Crippen molar-refractivity contribution in [3.8, 4) is 0 Å². The fourth-order valence-electron chi connectivity index (χ4n) is 1.51. The van der Waals surface area contributed by atoms with Crippen LogP contribution in [0.15, 0.2) is 29.7 Å². The molecule has 20 heavy (non-hydrogen) atoms. The second-order valence-corrected chi connectivity index (χ2v) is 3.94. The fourth-order valence-corrected chi connectivity index (χ4v) is 1.51. The first-order chi connectivity index (χ1) is 9.56. The molecule has 0 aliphatic heterocycles. The number of carboxylic acid groups (broad SMARTS) is 1. The Labute approximate surface area is 112 Å². The second-order valence-electron chi connectivity index (χ2n) is 3.94. The van der Waals surface area contributed by atoms with Gasteiger partial charge >= 0.3 is 5.97 Å². The molecule has 2 aromatic heterocycles. The van der Waals surface area contributed by atoms with Gasteiger partial charge in [0.2, 0.25) is 0 Å². The van der Waals surface area contributed by atoms with Crippen LogP contribution in [-0.2, 0) is 11.2 Å². The topological polar surface area (TPSA) is 141 Å². The van der Waals surface area contributed by atoms with Gasteiger partial charge in [0.1, 0.15) is 11.7 Å². The molecule has 0 saturated heterocycles. The zero-order valence-electron chi connectivity index (χ0n) is 10.2. The van der Waals surface area contributed by atoms with Crippen molar-refractivity contribution in [1.82, 2.24) is 25.3 Å². The van der Waals surface area contributed by atoms with Crippen molar-refractivity contribution in [3.05, 3.63) is 46.7 Å². The van der Waals surface area contributed by atoms with Crippen molar-refractivity contribution in [3.63, 3.8) is 0 Å². The molecule has 1 amide bonds. The highest BCUT2D eigenvalue weighted by Gasteiger charge is 2.22. The maximum Gasteiger partial charge on any atom is 0.326 e. The molecule has 0 spiro atoms. The number of carbonyl (C=O) groups is 2. The minimum atomic E-state index is -1.18. The molecule has 104 valence electrons. The first-order valence-corrected chi connectivity index (χ1v) is 5.62. The number of aromatic nitrogens is 4. The van der Waals surface area contributed by atoms with Gasteiger partial charge in [0.15, 0.2) is 0 Å². The number of carboxylic acids is 1. The maximum atomic E-state index is 11.8. The summed E-state index contributed by atoms with van der Waals surface area (Å²) in [5.41, 5.74) is 0.0568. The first-order valence-electron chi connectivity index (χ1n) is 5.62. The molecule has 0 bridgehead atoms. The second kappa shape index (κ2) is 5.78. The molecule has 2 aromatic rings. The van der Waals surface area contributed by atoms with Crippen molar-refractivity contribution < 1.29 is 14.7 Å². The summed E-state index contributed by atoms with van der Waals surface area (Å²) in [6.45, 7) is 0. The summed E-state index contributed by atoms with van der Waals surface area (Å²) < 4.78 is 0. The lowest BCUT2D eigenvalue weighted by Gasteiger charge is -2.13. The van der Waals surface area contributed by atoms with Crippen LogP contribution in [0.25, 0.3) is 0 Å². The molecule has 0 aromatic carbocycles. The Kier molecular flexibility index (Phi) is 3.89. The fraction of sp³-hybridized carbons (Fsp3) is 0.182. The number of amides is 1. The smallest absolute Gasteiger partial charge is 0.326 e. The normalized spacial score (nSPS) is 11.8. The van der Waals surface area contributed by atoms with Crippen LogP contribution in [0.5, 0.6) is 0 Å². The summed E-state index contributed by atoms with van der Waals surface area (Å²) in [5, 5.41) is 11.4. The quantitative estimate of drug-likeness (QED) is 0.547. The summed E-state index contributed by atoms with van der Waals surface area (Å²) in [6, 6.07) is -1.13. The molecule has 4 N–H and O–H groups in total. The predicted molar refractivity (Wildman–Crippen MR) is 66.0 cm³/mol. The van der Waals surface area contributed by atoms with Gasteiger partial charge in [-0.15, -0.1) is 0 Å². The van der Waals surface area contributed by atoms with Crippen LogP contribution in [0.1, 0.15) is 16.2 Å². The molecule has 0 aliphatic carbocycles. The number of imidazole rings is 1. The molecule has 9 heteroatoms. The van der Waals surface area contributed by atoms with Gasteiger partial charge in [0.25, 0.3) is 11.5 Å². The lowest BCUT2D eigenvalue weighted by molar-refractivity contribution is -0.139. The van der Waals surface area contributed by atoms with Crippen LogP contribution in [0.2, 0.25) is 0 Å². The number of carbonyl (C=O) groups excluding carboxylic acids is 1. The van der Waals surface area contributed by atoms with E-state index in [0.717, 1.165) is 12.4 Å². The lowest BCUT2D eigenvalue weighted by Crippen LogP contribution is -2.42. The number of hydrogen-bond donors (Lipinski definition) is 4. The Morgan fingerprint density at radius 3 is 2.70 bits per heavy atom. The van der Waals surface area contributed by atoms with Gasteiger partial charge in [-0.25, -0.2) is 14.8 Å². The van der Waals surface area contributed by atoms with Crippen LogP contribution in [0.4, 0.5) is 0 Å². The number of H-pyrrole nitrogens is 2. The van der Waals surface area contributed by atoms with E-state index in [1.165, 1.54) is 12.5 Å². The third-order valence-corrected chi connectivity index (χ3v) is 2.49. The SMILES string of the molecule is O=C(N[C@H](Cc1cnc[nH]1)C(=O)O)c1c[nH]c(=O)cn1. The number of nitrogens with one attached hydrogen (secondary N) is 3. The van der Waals surface area contributed by atoms with E-state index in [1.54, 1.807) is 0 Å². The molecular weight excluding hydrogens is 266 g/mol. The van der Waals surface area contributed by atoms with Gasteiger partial charge in [-0.05, 0) is 0 Å². The Morgan fingerprint density at radius 1 is 1.35 bits per heavy atom. The number of hydrogen-bond acceptors (Lipinski definition) is 5. The molecule has 1 atom stereocenters. The molecule has 9 nitrogen and oxygen atoms in total. The van der Waals surface area contributed by atoms with Crippen LogP contribution in [-0.4, -0.2) is 43.0 Å². The molecule has 2 heterocycles. The number of nitrogens with zero attached hydrogens (tertiary/aromatic N) is 2. The molecular formula is C11H11N5O4. The molecule has 0 saturated carbocycles. The van der Waals surface area contributed by atoms with Crippen LogP contribution in [0.3, 0.4) is 0 Å². The zero-order valence-corrected chi connectivity index (χ0v) is 10.2. The summed E-state index contributed by atoms with van der Waals surface area (Å²) in [7, 11) is 0. The van der Waals surface area contributed by atoms with E-state index in [9.17, 15) is 14.4 Å². The third-order valence-electron chi connectivity index (χ3n) is 2.49. The Balaban J connectivity index is 2.08. The summed E-state index contributed by atoms with van der Waals surface area (Å²) >= 11 is 0. The molecule has 0 aliphatic rings. The van der Waals surface area contributed by atoms with Crippen LogP contribution >= 0.6 is 0 Å². The van der Waals surface area contributed by atoms with Gasteiger partial charge in [-0.1, -0.05) is 0 Å². The lowest BCUT2D eigenvalue weighted by atomic mass is 10.1. The van der Waals surface area contributed by atoms with Crippen molar-refractivity contribution >= 4 is 11.9 Å². The highest BCUT2D eigenvalue weighted by atomic mass is 16.4. The Hall–Kier alpha value is -2.97. The van der Waals surface area contributed by atoms with E-state index in [4.69, 9.17) is 5.11 Å². The monoisotopic (exact) mass is 277 g/mol. The van der Waals surface area contributed by atoms with E-state index in [1.807, 2.05) is 0 Å². The van der Waals surface area contributed by atoms with E-state index in [2.05, 4.69) is 25.3 Å². The summed E-state index contributed by atoms with van der Waals surface area (Å²) in [6.07, 6.45) is 5.01. The third kappa shape index (κ3) is 3.28. The van der Waals surface area contributed by atoms with E-state index >= 15 is 0 Å². The standard InChI is InChI=1S/C11H11N5O4/c17-9-4-13-8(3-14-9)10(18)16-7(11(19)20)1-6-2-12-5-15-6/h2-5,7H,1H2,(H,12,15)(H,14,17)(H,16,18)(H,19,20)/t7-/m1/s1. The van der Waals surface area contributed by atoms with Crippen molar-refractivity contribution in [1.29, 1.82) is 0 Å². The summed E-state index contributed by atoms with van der Waals surface area (Å²) in [5.74, 6) is -1.87. The van der Waals surface area contributed by atoms with E-state index in [0.29, 0.717) is 5.69 Å². The zero-order chi connectivity index (χ0) is 14.5. The number of aromatic amines is 2. The minimum absolute atomic E-state index is 0.0599. The molecule has 0 unspecified atom stereocenters. The highest BCUT2D eigenvalue weighted by molar-refractivity contribution is 5.94. The number of rotatable bonds is 5. The predicted octanol–water partition coefficient (Wildman–Crippen LogP) is -1.08. The van der Waals surface area contributed by atoms with E-state index < -0.39 is 23.5 Å². The van der Waals surface area contributed by atoms with Crippen molar-refractivity contribution in [2.45, 2.75) is 12.5 Å². The average molecular weight is 277 g/mol. The van der Waals surface area contributed by atoms with Gasteiger partial charge < -0.3 is 20.4 Å². The van der Waals surface area contributed by atoms with Crippen molar-refractivity contribution in [2.75, 3.05) is 0 Å². The Bertz CT molecular complexity index is 643. The van der Waals surface area contributed by atoms with Gasteiger partial charge in [0, 0.05) is 24.5 Å². The van der Waals surface area contributed by atoms with Crippen molar-refractivity contribution in [2.24, 2.45) is 0 Å². The van der Waals surface area contributed by atoms with Gasteiger partial charge in [0.05, 0.1) is 12.5 Å². The summed E-state index contributed by atoms with van der Waals surface area (Å²) in [4.78, 5) is 46.2. The first kappa shape index (κ1) is 13.5. The highest BCUT2D eigenvalue weighted by Crippen LogP contribution is 2.00. The Morgan fingerprint density at radius 2 is 2.15 bits per heavy atom.